The summed E-state index contributed by atoms with van der Waals surface area (Å²) in [6, 6.07) is 5.88. The van der Waals surface area contributed by atoms with Crippen molar-refractivity contribution in [2.45, 2.75) is 25.4 Å². The van der Waals surface area contributed by atoms with Crippen LogP contribution in [-0.4, -0.2) is 18.3 Å². The van der Waals surface area contributed by atoms with Gasteiger partial charge in [0.25, 0.3) is 0 Å². The average Bonchev–Trinajstić information content (AvgIpc) is 2.28. The van der Waals surface area contributed by atoms with Gasteiger partial charge in [0, 0.05) is 12.1 Å². The topological polar surface area (TPSA) is 55.5 Å². The van der Waals surface area contributed by atoms with Gasteiger partial charge in [0.15, 0.2) is 0 Å². The van der Waals surface area contributed by atoms with Crippen molar-refractivity contribution >= 4 is 0 Å². The zero-order chi connectivity index (χ0) is 10.9. The minimum atomic E-state index is -0.997. The van der Waals surface area contributed by atoms with Gasteiger partial charge in [-0.15, -0.1) is 0 Å². The van der Waals surface area contributed by atoms with E-state index in [-0.39, 0.29) is 6.54 Å². The maximum atomic E-state index is 10.1. The second kappa shape index (κ2) is 3.83. The van der Waals surface area contributed by atoms with E-state index in [2.05, 4.69) is 0 Å². The van der Waals surface area contributed by atoms with E-state index in [1.165, 1.54) is 5.56 Å². The summed E-state index contributed by atoms with van der Waals surface area (Å²) in [5, 5.41) is 10.1. The fourth-order valence-corrected chi connectivity index (χ4v) is 1.92. The maximum absolute atomic E-state index is 10.1. The largest absolute Gasteiger partial charge is 0.493 e. The Bertz CT molecular complexity index is 361. The predicted molar refractivity (Wildman–Crippen MR) is 58.9 cm³/mol. The van der Waals surface area contributed by atoms with Crippen LogP contribution in [0.25, 0.3) is 0 Å². The minimum Gasteiger partial charge on any atom is -0.493 e. The molecule has 0 saturated carbocycles. The van der Waals surface area contributed by atoms with E-state index >= 15 is 0 Å². The van der Waals surface area contributed by atoms with Crippen molar-refractivity contribution in [3.05, 3.63) is 29.3 Å². The third-order valence-corrected chi connectivity index (χ3v) is 2.91. The van der Waals surface area contributed by atoms with Crippen LogP contribution in [0.5, 0.6) is 5.75 Å². The first-order valence-corrected chi connectivity index (χ1v) is 5.33. The lowest BCUT2D eigenvalue weighted by Gasteiger charge is -2.28. The molecule has 1 aromatic carbocycles. The Kier molecular flexibility index (Phi) is 2.67. The molecule has 0 saturated heterocycles. The van der Waals surface area contributed by atoms with E-state index in [0.717, 1.165) is 30.8 Å². The molecule has 0 aromatic heterocycles. The molecule has 1 atom stereocenters. The summed E-state index contributed by atoms with van der Waals surface area (Å²) in [4.78, 5) is 0. The molecule has 1 aromatic rings. The summed E-state index contributed by atoms with van der Waals surface area (Å²) < 4.78 is 5.63. The Morgan fingerprint density at radius 1 is 1.53 bits per heavy atom. The zero-order valence-corrected chi connectivity index (χ0v) is 8.99. The Morgan fingerprint density at radius 2 is 2.33 bits per heavy atom. The highest BCUT2D eigenvalue weighted by molar-refractivity contribution is 5.45. The predicted octanol–water partition coefficient (Wildman–Crippen LogP) is 1.18. The van der Waals surface area contributed by atoms with E-state index in [1.54, 1.807) is 6.92 Å². The van der Waals surface area contributed by atoms with Gasteiger partial charge >= 0.3 is 0 Å². The molecule has 0 amide bonds. The van der Waals surface area contributed by atoms with Gasteiger partial charge in [0.2, 0.25) is 0 Å². The first-order chi connectivity index (χ1) is 7.15. The van der Waals surface area contributed by atoms with Gasteiger partial charge in [-0.1, -0.05) is 18.2 Å². The van der Waals surface area contributed by atoms with Gasteiger partial charge in [-0.05, 0) is 25.3 Å². The molecule has 82 valence electrons. The summed E-state index contributed by atoms with van der Waals surface area (Å²) in [7, 11) is 0. The van der Waals surface area contributed by atoms with Gasteiger partial charge in [0.05, 0.1) is 6.61 Å². The molecule has 1 heterocycles. The summed E-state index contributed by atoms with van der Waals surface area (Å²) in [6.45, 7) is 2.65. The maximum Gasteiger partial charge on any atom is 0.128 e. The summed E-state index contributed by atoms with van der Waals surface area (Å²) in [6.07, 6.45) is 2.06. The highest BCUT2D eigenvalue weighted by atomic mass is 16.5. The van der Waals surface area contributed by atoms with Crippen LogP contribution in [0.1, 0.15) is 24.5 Å². The summed E-state index contributed by atoms with van der Waals surface area (Å²) >= 11 is 0. The fourth-order valence-electron chi connectivity index (χ4n) is 1.92. The number of benzene rings is 1. The van der Waals surface area contributed by atoms with Crippen molar-refractivity contribution in [3.8, 4) is 5.75 Å². The molecule has 1 unspecified atom stereocenters. The third-order valence-electron chi connectivity index (χ3n) is 2.91. The lowest BCUT2D eigenvalue weighted by atomic mass is 9.91. The summed E-state index contributed by atoms with van der Waals surface area (Å²) in [5.74, 6) is 0.833. The first-order valence-electron chi connectivity index (χ1n) is 5.33. The van der Waals surface area contributed by atoms with Crippen molar-refractivity contribution in [3.63, 3.8) is 0 Å². The van der Waals surface area contributed by atoms with Crippen LogP contribution in [0, 0.1) is 0 Å². The second-order valence-electron chi connectivity index (χ2n) is 4.22. The minimum absolute atomic E-state index is 0.201. The van der Waals surface area contributed by atoms with Gasteiger partial charge in [0.1, 0.15) is 11.4 Å². The monoisotopic (exact) mass is 207 g/mol. The van der Waals surface area contributed by atoms with Gasteiger partial charge < -0.3 is 15.6 Å². The van der Waals surface area contributed by atoms with Crippen LogP contribution < -0.4 is 10.5 Å². The van der Waals surface area contributed by atoms with E-state index in [1.807, 2.05) is 18.2 Å². The quantitative estimate of drug-likeness (QED) is 0.765. The zero-order valence-electron chi connectivity index (χ0n) is 8.99. The number of nitrogens with two attached hydrogens (primary N) is 1. The van der Waals surface area contributed by atoms with Crippen molar-refractivity contribution in [2.24, 2.45) is 5.73 Å². The van der Waals surface area contributed by atoms with E-state index < -0.39 is 5.60 Å². The lowest BCUT2D eigenvalue weighted by molar-refractivity contribution is 0.0625. The molecule has 2 rings (SSSR count). The fraction of sp³-hybridized carbons (Fsp3) is 0.500. The van der Waals surface area contributed by atoms with Crippen LogP contribution in [-0.2, 0) is 12.0 Å². The number of fused-ring (bicyclic) bond motifs is 1. The molecule has 0 fully saturated rings. The Morgan fingerprint density at radius 3 is 3.07 bits per heavy atom. The van der Waals surface area contributed by atoms with Gasteiger partial charge in [-0.25, -0.2) is 0 Å². The average molecular weight is 207 g/mol. The smallest absolute Gasteiger partial charge is 0.128 e. The molecule has 0 bridgehead atoms. The van der Waals surface area contributed by atoms with Crippen molar-refractivity contribution in [1.29, 1.82) is 0 Å². The molecular formula is C12H17NO2. The first kappa shape index (κ1) is 10.5. The van der Waals surface area contributed by atoms with Crippen LogP contribution in [0.15, 0.2) is 18.2 Å². The number of aliphatic hydroxyl groups is 1. The Hall–Kier alpha value is -1.06. The second-order valence-corrected chi connectivity index (χ2v) is 4.22. The summed E-state index contributed by atoms with van der Waals surface area (Å²) in [5.41, 5.74) is 6.55. The van der Waals surface area contributed by atoms with E-state index in [4.69, 9.17) is 10.5 Å². The Labute approximate surface area is 89.9 Å². The number of ether oxygens (including phenoxy) is 1. The number of rotatable bonds is 2. The standard InChI is InChI=1S/C12H17NO2/c1-12(14,8-13)10-6-2-4-9-5-3-7-15-11(9)10/h2,4,6,14H,3,5,7-8,13H2,1H3. The molecule has 15 heavy (non-hydrogen) atoms. The van der Waals surface area contributed by atoms with Crippen molar-refractivity contribution < 1.29 is 9.84 Å². The number of para-hydroxylation sites is 1. The molecule has 3 nitrogen and oxygen atoms in total. The molecule has 3 N–H and O–H groups in total. The number of hydrogen-bond acceptors (Lipinski definition) is 3. The molecule has 1 aliphatic rings. The normalized spacial score (nSPS) is 18.9. The van der Waals surface area contributed by atoms with Crippen LogP contribution in [0.2, 0.25) is 0 Å². The molecule has 0 aliphatic carbocycles. The van der Waals surface area contributed by atoms with Crippen LogP contribution in [0.3, 0.4) is 0 Å². The van der Waals surface area contributed by atoms with Gasteiger partial charge in [-0.3, -0.25) is 0 Å². The number of aryl methyl sites for hydroxylation is 1. The van der Waals surface area contributed by atoms with E-state index in [9.17, 15) is 5.11 Å². The SMILES string of the molecule is CC(O)(CN)c1cccc2c1OCCC2. The van der Waals surface area contributed by atoms with Crippen LogP contribution >= 0.6 is 0 Å². The third kappa shape index (κ3) is 1.85. The lowest BCUT2D eigenvalue weighted by Crippen LogP contribution is -2.32. The molecule has 3 heteroatoms. The highest BCUT2D eigenvalue weighted by Gasteiger charge is 2.27. The molecular weight excluding hydrogens is 190 g/mol. The highest BCUT2D eigenvalue weighted by Crippen LogP contribution is 2.35. The Balaban J connectivity index is 2.48. The van der Waals surface area contributed by atoms with E-state index in [0.29, 0.717) is 0 Å². The molecule has 0 spiro atoms. The molecule has 1 aliphatic heterocycles. The van der Waals surface area contributed by atoms with Crippen LogP contribution in [0.4, 0.5) is 0 Å². The van der Waals surface area contributed by atoms with Crippen molar-refractivity contribution in [1.82, 2.24) is 0 Å². The number of hydrogen-bond donors (Lipinski definition) is 2. The molecule has 0 radical (unpaired) electrons. The van der Waals surface area contributed by atoms with Gasteiger partial charge in [-0.2, -0.15) is 0 Å². The van der Waals surface area contributed by atoms with Crippen molar-refractivity contribution in [2.75, 3.05) is 13.2 Å².